The second-order valence-corrected chi connectivity index (χ2v) is 10.4. The van der Waals surface area contributed by atoms with Crippen LogP contribution in [-0.2, 0) is 12.5 Å². The predicted octanol–water partition coefficient (Wildman–Crippen LogP) is 2.51. The van der Waals surface area contributed by atoms with Crippen LogP contribution in [0.2, 0.25) is 0 Å². The van der Waals surface area contributed by atoms with Crippen molar-refractivity contribution in [1.82, 2.24) is 25.1 Å². The zero-order chi connectivity index (χ0) is 26.3. The quantitative estimate of drug-likeness (QED) is 0.465. The Kier molecular flexibility index (Phi) is 6.22. The fraction of sp³-hybridized carbons (Fsp3) is 0.423. The summed E-state index contributed by atoms with van der Waals surface area (Å²) in [7, 11) is 1.80. The summed E-state index contributed by atoms with van der Waals surface area (Å²) in [5.74, 6) is 0.912. The number of fused-ring (bicyclic) bond motifs is 1. The summed E-state index contributed by atoms with van der Waals surface area (Å²) in [4.78, 5) is 36.3. The van der Waals surface area contributed by atoms with Crippen LogP contribution in [0.3, 0.4) is 0 Å². The van der Waals surface area contributed by atoms with Crippen LogP contribution in [0.4, 0.5) is 17.3 Å². The Morgan fingerprint density at radius 3 is 2.78 bits per heavy atom. The van der Waals surface area contributed by atoms with Crippen molar-refractivity contribution in [3.05, 3.63) is 53.6 Å². The van der Waals surface area contributed by atoms with Crippen LogP contribution in [-0.4, -0.2) is 56.8 Å². The number of rotatable bonds is 6. The first-order chi connectivity index (χ1) is 17.6. The molecule has 2 atom stereocenters. The molecular weight excluding hydrogens is 472 g/mol. The third-order valence-corrected chi connectivity index (χ3v) is 7.12. The van der Waals surface area contributed by atoms with Gasteiger partial charge in [0.25, 0.3) is 11.8 Å². The number of aromatic nitrogens is 4. The summed E-state index contributed by atoms with van der Waals surface area (Å²) in [5.41, 5.74) is 7.80. The number of carbonyl (C=O) groups excluding carboxylic acids is 2. The summed E-state index contributed by atoms with van der Waals surface area (Å²) < 4.78 is 7.40. The maximum atomic E-state index is 13.2. The van der Waals surface area contributed by atoms with Crippen LogP contribution in [0.25, 0.3) is 0 Å². The molecule has 5 rings (SSSR count). The molecule has 3 aromatic rings. The second kappa shape index (κ2) is 9.38. The van der Waals surface area contributed by atoms with E-state index in [0.717, 1.165) is 30.7 Å². The minimum Gasteiger partial charge on any atom is -0.492 e. The van der Waals surface area contributed by atoms with Gasteiger partial charge >= 0.3 is 0 Å². The van der Waals surface area contributed by atoms with E-state index < -0.39 is 5.91 Å². The van der Waals surface area contributed by atoms with Crippen LogP contribution in [0.1, 0.15) is 60.0 Å². The highest BCUT2D eigenvalue weighted by Gasteiger charge is 2.34. The third kappa shape index (κ3) is 4.81. The van der Waals surface area contributed by atoms with E-state index in [1.807, 2.05) is 18.2 Å². The number of ether oxygens (including phenoxy) is 1. The van der Waals surface area contributed by atoms with Crippen molar-refractivity contribution in [2.45, 2.75) is 51.1 Å². The normalized spacial score (nSPS) is 20.2. The molecule has 0 aliphatic carbocycles. The maximum Gasteiger partial charge on any atom is 0.271 e. The number of carbonyl (C=O) groups is 2. The van der Waals surface area contributed by atoms with Gasteiger partial charge in [-0.15, -0.1) is 0 Å². The molecule has 0 saturated carbocycles. The van der Waals surface area contributed by atoms with Crippen molar-refractivity contribution in [3.63, 3.8) is 0 Å². The van der Waals surface area contributed by atoms with Crippen molar-refractivity contribution in [2.75, 3.05) is 23.4 Å². The van der Waals surface area contributed by atoms with E-state index in [0.29, 0.717) is 23.7 Å². The Morgan fingerprint density at radius 1 is 1.24 bits per heavy atom. The smallest absolute Gasteiger partial charge is 0.271 e. The van der Waals surface area contributed by atoms with Crippen LogP contribution < -0.4 is 26.0 Å². The van der Waals surface area contributed by atoms with Crippen molar-refractivity contribution in [3.8, 4) is 5.75 Å². The first-order valence-corrected chi connectivity index (χ1v) is 12.4. The zero-order valence-corrected chi connectivity index (χ0v) is 21.5. The van der Waals surface area contributed by atoms with Gasteiger partial charge in [-0.3, -0.25) is 14.3 Å². The zero-order valence-electron chi connectivity index (χ0n) is 21.5. The van der Waals surface area contributed by atoms with Crippen molar-refractivity contribution < 1.29 is 14.3 Å². The Hall–Kier alpha value is -4.15. The molecule has 2 aliphatic rings. The summed E-state index contributed by atoms with van der Waals surface area (Å²) in [6.07, 6.45) is 6.65. The van der Waals surface area contributed by atoms with Crippen LogP contribution >= 0.6 is 0 Å². The minimum absolute atomic E-state index is 0.0469. The first-order valence-electron chi connectivity index (χ1n) is 12.4. The summed E-state index contributed by atoms with van der Waals surface area (Å²) in [6, 6.07) is 5.49. The molecule has 1 fully saturated rings. The van der Waals surface area contributed by atoms with Crippen molar-refractivity contribution >= 4 is 29.1 Å². The molecule has 0 bridgehead atoms. The highest BCUT2D eigenvalue weighted by Crippen LogP contribution is 2.38. The van der Waals surface area contributed by atoms with E-state index in [2.05, 4.69) is 51.4 Å². The largest absolute Gasteiger partial charge is 0.492 e. The third-order valence-electron chi connectivity index (χ3n) is 7.12. The van der Waals surface area contributed by atoms with Crippen LogP contribution in [0, 0.1) is 0 Å². The lowest BCUT2D eigenvalue weighted by Crippen LogP contribution is -2.54. The van der Waals surface area contributed by atoms with Gasteiger partial charge in [-0.05, 0) is 38.0 Å². The first kappa shape index (κ1) is 24.5. The molecule has 2 aromatic heterocycles. The fourth-order valence-corrected chi connectivity index (χ4v) is 4.98. The summed E-state index contributed by atoms with van der Waals surface area (Å²) in [6.45, 7) is 7.64. The van der Waals surface area contributed by atoms with Gasteiger partial charge in [0.15, 0.2) is 11.5 Å². The fourth-order valence-electron chi connectivity index (χ4n) is 4.98. The number of nitrogens with zero attached hydrogens (tertiary/aromatic N) is 5. The number of aryl methyl sites for hydroxylation is 1. The highest BCUT2D eigenvalue weighted by atomic mass is 16.5. The predicted molar refractivity (Wildman–Crippen MR) is 139 cm³/mol. The molecule has 194 valence electrons. The van der Waals surface area contributed by atoms with Gasteiger partial charge in [-0.2, -0.15) is 5.10 Å². The van der Waals surface area contributed by atoms with E-state index in [4.69, 9.17) is 10.5 Å². The number of nitrogens with two attached hydrogens (primary N) is 1. The number of anilines is 3. The molecule has 1 aromatic carbocycles. The Bertz CT molecular complexity index is 1350. The Labute approximate surface area is 215 Å². The highest BCUT2D eigenvalue weighted by molar-refractivity contribution is 5.96. The van der Waals surface area contributed by atoms with E-state index in [1.54, 1.807) is 30.3 Å². The molecule has 0 spiro atoms. The Balaban J connectivity index is 1.35. The number of amides is 2. The molecule has 2 aliphatic heterocycles. The topological polar surface area (TPSA) is 140 Å². The minimum atomic E-state index is -0.676. The number of hydrogen-bond donors (Lipinski definition) is 3. The molecule has 0 radical (unpaired) electrons. The van der Waals surface area contributed by atoms with Gasteiger partial charge < -0.3 is 26.0 Å². The van der Waals surface area contributed by atoms with Crippen molar-refractivity contribution in [1.29, 1.82) is 0 Å². The summed E-state index contributed by atoms with van der Waals surface area (Å²) >= 11 is 0. The van der Waals surface area contributed by atoms with Gasteiger partial charge in [0.2, 0.25) is 0 Å². The molecule has 37 heavy (non-hydrogen) atoms. The van der Waals surface area contributed by atoms with Gasteiger partial charge in [-0.25, -0.2) is 9.97 Å². The number of primary amides is 1. The number of piperidine rings is 1. The average Bonchev–Trinajstić information content (AvgIpc) is 3.41. The molecule has 4 heterocycles. The standard InChI is InChI=1S/C26H32N8O3/c1-15-19(31-25(36)16-7-8-20-18(10-16)26(2,3)14-37-20)6-5-9-34(15)21-12-28-22(23(27)35)24(32-21)30-17-11-29-33(4)13-17/h7-8,10-13,15,19H,5-6,9,14H2,1-4H3,(H2,27,35)(H,30,32)(H,31,36)/t15-,19-/m1/s1. The maximum absolute atomic E-state index is 13.2. The lowest BCUT2D eigenvalue weighted by Gasteiger charge is -2.40. The second-order valence-electron chi connectivity index (χ2n) is 10.4. The Morgan fingerprint density at radius 2 is 2.05 bits per heavy atom. The molecule has 1 saturated heterocycles. The monoisotopic (exact) mass is 504 g/mol. The van der Waals surface area contributed by atoms with Crippen molar-refractivity contribution in [2.24, 2.45) is 12.8 Å². The molecular formula is C26H32N8O3. The number of hydrogen-bond acceptors (Lipinski definition) is 8. The van der Waals surface area contributed by atoms with Gasteiger partial charge in [-0.1, -0.05) is 13.8 Å². The van der Waals surface area contributed by atoms with E-state index in [1.165, 1.54) is 0 Å². The number of nitrogens with one attached hydrogen (secondary N) is 2. The molecule has 2 amide bonds. The van der Waals surface area contributed by atoms with Gasteiger partial charge in [0.1, 0.15) is 11.6 Å². The lowest BCUT2D eigenvalue weighted by atomic mass is 9.86. The SMILES string of the molecule is C[C@@H]1[C@H](NC(=O)c2ccc3c(c2)C(C)(C)CO3)CCCN1c1cnc(C(N)=O)c(Nc2cnn(C)c2)n1. The van der Waals surface area contributed by atoms with Gasteiger partial charge in [0, 0.05) is 48.4 Å². The molecule has 0 unspecified atom stereocenters. The summed E-state index contributed by atoms with van der Waals surface area (Å²) in [5, 5.41) is 10.4. The van der Waals surface area contributed by atoms with Crippen LogP contribution in [0.15, 0.2) is 36.8 Å². The van der Waals surface area contributed by atoms with Crippen LogP contribution in [0.5, 0.6) is 5.75 Å². The number of benzene rings is 1. The lowest BCUT2D eigenvalue weighted by molar-refractivity contribution is 0.0923. The molecule has 11 nitrogen and oxygen atoms in total. The molecule has 11 heteroatoms. The van der Waals surface area contributed by atoms with E-state index in [9.17, 15) is 9.59 Å². The average molecular weight is 505 g/mol. The molecule has 4 N–H and O–H groups in total. The van der Waals surface area contributed by atoms with E-state index >= 15 is 0 Å². The van der Waals surface area contributed by atoms with Gasteiger partial charge in [0.05, 0.1) is 24.7 Å². The van der Waals surface area contributed by atoms with E-state index in [-0.39, 0.29) is 34.9 Å².